The van der Waals surface area contributed by atoms with E-state index >= 15 is 0 Å². The number of fused-ring (bicyclic) bond motifs is 1. The first kappa shape index (κ1) is 28.1. The van der Waals surface area contributed by atoms with Gasteiger partial charge in [0.15, 0.2) is 5.78 Å². The number of benzene rings is 2. The molecule has 0 amide bonds. The van der Waals surface area contributed by atoms with Gasteiger partial charge in [-0.1, -0.05) is 18.2 Å². The van der Waals surface area contributed by atoms with Crippen LogP contribution in [0, 0.1) is 0 Å². The maximum atomic E-state index is 12.8. The van der Waals surface area contributed by atoms with Crippen molar-refractivity contribution in [2.75, 3.05) is 26.8 Å². The van der Waals surface area contributed by atoms with Crippen molar-refractivity contribution in [3.8, 4) is 11.5 Å². The molecule has 0 fully saturated rings. The van der Waals surface area contributed by atoms with Gasteiger partial charge in [0.25, 0.3) is 0 Å². The summed E-state index contributed by atoms with van der Waals surface area (Å²) in [6.45, 7) is 5.61. The van der Waals surface area contributed by atoms with Gasteiger partial charge in [0, 0.05) is 24.4 Å². The molecule has 0 atom stereocenters. The molecule has 0 bridgehead atoms. The van der Waals surface area contributed by atoms with Gasteiger partial charge in [-0.2, -0.15) is 0 Å². The molecule has 2 aromatic rings. The summed E-state index contributed by atoms with van der Waals surface area (Å²) in [5, 5.41) is 3.41. The van der Waals surface area contributed by atoms with Gasteiger partial charge in [0.05, 0.1) is 13.7 Å². The molecule has 1 aliphatic heterocycles. The second-order valence-corrected chi connectivity index (χ2v) is 10.2. The van der Waals surface area contributed by atoms with Crippen LogP contribution < -0.4 is 19.5 Å². The minimum atomic E-state index is -3.75. The lowest BCUT2D eigenvalue weighted by atomic mass is 10.0. The second-order valence-electron chi connectivity index (χ2n) is 8.53. The molecule has 0 saturated heterocycles. The Morgan fingerprint density at radius 1 is 1.15 bits per heavy atom. The number of carbonyl (C=O) groups is 1. The number of Topliss-reactive ketones (excluding diaryl/α,β-unsaturated/α-hetero) is 1. The number of ketones is 1. The van der Waals surface area contributed by atoms with E-state index in [0.717, 1.165) is 43.7 Å². The van der Waals surface area contributed by atoms with Gasteiger partial charge in [-0.3, -0.25) is 4.79 Å². The molecule has 0 spiro atoms. The number of sulfonamides is 1. The summed E-state index contributed by atoms with van der Waals surface area (Å²) in [5.41, 5.74) is 2.39. The SMILES string of the molecule is COc1ccccc1CCNCCCCC(=O)c1cc2c(c(S(=O)(=O)NC(C)C)c1)OCC2.Cl. The molecule has 0 radical (unpaired) electrons. The van der Waals surface area contributed by atoms with Crippen molar-refractivity contribution < 1.29 is 22.7 Å². The standard InChI is InChI=1S/C25H34N2O5S.ClH/c1-18(2)27-33(29,30)24-17-21(16-20-12-15-32-25(20)24)22(28)9-6-7-13-26-14-11-19-8-4-5-10-23(19)31-3;/h4-5,8,10,16-18,26-27H,6-7,9,11-15H2,1-3H3;1H. The molecule has 34 heavy (non-hydrogen) atoms. The third kappa shape index (κ3) is 7.43. The van der Waals surface area contributed by atoms with Crippen molar-refractivity contribution in [2.45, 2.75) is 56.9 Å². The fraction of sp³-hybridized carbons (Fsp3) is 0.480. The topological polar surface area (TPSA) is 93.7 Å². The van der Waals surface area contributed by atoms with Crippen LogP contribution in [0.3, 0.4) is 0 Å². The van der Waals surface area contributed by atoms with Crippen LogP contribution >= 0.6 is 12.4 Å². The molecule has 1 heterocycles. The molecule has 9 heteroatoms. The zero-order valence-corrected chi connectivity index (χ0v) is 21.7. The van der Waals surface area contributed by atoms with Crippen LogP contribution in [0.25, 0.3) is 0 Å². The Kier molecular flexibility index (Phi) is 10.8. The van der Waals surface area contributed by atoms with E-state index in [0.29, 0.717) is 30.8 Å². The summed E-state index contributed by atoms with van der Waals surface area (Å²) in [5.74, 6) is 1.23. The lowest BCUT2D eigenvalue weighted by Gasteiger charge is -2.14. The van der Waals surface area contributed by atoms with Crippen LogP contribution in [0.5, 0.6) is 11.5 Å². The minimum absolute atomic E-state index is 0. The Labute approximate surface area is 209 Å². The number of unbranched alkanes of at least 4 members (excludes halogenated alkanes) is 1. The number of methoxy groups -OCH3 is 1. The summed E-state index contributed by atoms with van der Waals surface area (Å²) >= 11 is 0. The molecule has 0 aromatic heterocycles. The summed E-state index contributed by atoms with van der Waals surface area (Å²) in [6.07, 6.45) is 3.47. The summed E-state index contributed by atoms with van der Waals surface area (Å²) in [6, 6.07) is 11.0. The van der Waals surface area contributed by atoms with Gasteiger partial charge in [-0.05, 0) is 75.5 Å². The van der Waals surface area contributed by atoms with E-state index in [9.17, 15) is 13.2 Å². The average molecular weight is 511 g/mol. The van der Waals surface area contributed by atoms with Crippen LogP contribution in [-0.4, -0.2) is 47.0 Å². The second kappa shape index (κ2) is 13.1. The summed E-state index contributed by atoms with van der Waals surface area (Å²) < 4.78 is 39.0. The Morgan fingerprint density at radius 2 is 1.91 bits per heavy atom. The molecule has 2 N–H and O–H groups in total. The molecule has 3 rings (SSSR count). The van der Waals surface area contributed by atoms with Crippen LogP contribution in [0.4, 0.5) is 0 Å². The smallest absolute Gasteiger partial charge is 0.244 e. The van der Waals surface area contributed by atoms with Crippen molar-refractivity contribution in [1.82, 2.24) is 10.0 Å². The monoisotopic (exact) mass is 510 g/mol. The lowest BCUT2D eigenvalue weighted by molar-refractivity contribution is 0.0979. The molecule has 0 aliphatic carbocycles. The van der Waals surface area contributed by atoms with E-state index in [1.807, 2.05) is 18.2 Å². The summed E-state index contributed by atoms with van der Waals surface area (Å²) in [7, 11) is -2.07. The zero-order valence-electron chi connectivity index (χ0n) is 20.1. The predicted octanol–water partition coefficient (Wildman–Crippen LogP) is 3.92. The average Bonchev–Trinajstić information content (AvgIpc) is 3.25. The van der Waals surface area contributed by atoms with E-state index in [1.165, 1.54) is 11.6 Å². The van der Waals surface area contributed by atoms with Crippen molar-refractivity contribution in [3.63, 3.8) is 0 Å². The first-order valence-electron chi connectivity index (χ1n) is 11.5. The van der Waals surface area contributed by atoms with Crippen LogP contribution in [0.2, 0.25) is 0 Å². The maximum Gasteiger partial charge on any atom is 0.244 e. The van der Waals surface area contributed by atoms with Gasteiger partial charge < -0.3 is 14.8 Å². The zero-order chi connectivity index (χ0) is 23.8. The van der Waals surface area contributed by atoms with Crippen molar-refractivity contribution in [2.24, 2.45) is 0 Å². The van der Waals surface area contributed by atoms with E-state index in [-0.39, 0.29) is 29.1 Å². The molecule has 0 saturated carbocycles. The highest BCUT2D eigenvalue weighted by Crippen LogP contribution is 2.34. The van der Waals surface area contributed by atoms with Crippen LogP contribution in [-0.2, 0) is 22.9 Å². The fourth-order valence-corrected chi connectivity index (χ4v) is 5.41. The van der Waals surface area contributed by atoms with E-state index in [2.05, 4.69) is 16.1 Å². The molecular formula is C25H35ClN2O5S. The molecule has 2 aromatic carbocycles. The number of halogens is 1. The third-order valence-electron chi connectivity index (χ3n) is 5.52. The Hall–Kier alpha value is -2.13. The first-order valence-corrected chi connectivity index (χ1v) is 13.0. The number of rotatable bonds is 13. The first-order chi connectivity index (χ1) is 15.8. The van der Waals surface area contributed by atoms with Crippen molar-refractivity contribution in [3.05, 3.63) is 53.1 Å². The van der Waals surface area contributed by atoms with Gasteiger partial charge in [0.2, 0.25) is 10.0 Å². The number of ether oxygens (including phenoxy) is 2. The third-order valence-corrected chi connectivity index (χ3v) is 7.19. The number of hydrogen-bond donors (Lipinski definition) is 2. The van der Waals surface area contributed by atoms with Crippen LogP contribution in [0.15, 0.2) is 41.3 Å². The maximum absolute atomic E-state index is 12.8. The quantitative estimate of drug-likeness (QED) is 0.313. The Bertz CT molecular complexity index is 1070. The van der Waals surface area contributed by atoms with E-state index < -0.39 is 10.0 Å². The Balaban J connectivity index is 0.00000408. The molecule has 1 aliphatic rings. The number of para-hydroxylation sites is 1. The molecule has 7 nitrogen and oxygen atoms in total. The Morgan fingerprint density at radius 3 is 2.65 bits per heavy atom. The largest absolute Gasteiger partial charge is 0.496 e. The van der Waals surface area contributed by atoms with Crippen molar-refractivity contribution >= 4 is 28.2 Å². The van der Waals surface area contributed by atoms with E-state index in [1.54, 1.807) is 27.0 Å². The number of nitrogens with one attached hydrogen (secondary N) is 2. The van der Waals surface area contributed by atoms with Crippen LogP contribution in [0.1, 0.15) is 54.6 Å². The normalized spacial score (nSPS) is 12.7. The number of carbonyl (C=O) groups excluding carboxylic acids is 1. The number of hydrogen-bond acceptors (Lipinski definition) is 6. The molecule has 188 valence electrons. The van der Waals surface area contributed by atoms with Gasteiger partial charge in [0.1, 0.15) is 16.4 Å². The van der Waals surface area contributed by atoms with Gasteiger partial charge >= 0.3 is 0 Å². The van der Waals surface area contributed by atoms with Gasteiger partial charge in [-0.15, -0.1) is 12.4 Å². The van der Waals surface area contributed by atoms with Crippen molar-refractivity contribution in [1.29, 1.82) is 0 Å². The fourth-order valence-electron chi connectivity index (χ4n) is 3.94. The molecule has 0 unspecified atom stereocenters. The highest BCUT2D eigenvalue weighted by Gasteiger charge is 2.28. The van der Waals surface area contributed by atoms with Gasteiger partial charge in [-0.25, -0.2) is 13.1 Å². The van der Waals surface area contributed by atoms with E-state index in [4.69, 9.17) is 9.47 Å². The highest BCUT2D eigenvalue weighted by atomic mass is 35.5. The lowest BCUT2D eigenvalue weighted by Crippen LogP contribution is -2.30. The predicted molar refractivity (Wildman–Crippen MR) is 136 cm³/mol. The molecular weight excluding hydrogens is 476 g/mol. The summed E-state index contributed by atoms with van der Waals surface area (Å²) in [4.78, 5) is 12.9. The minimum Gasteiger partial charge on any atom is -0.496 e. The highest BCUT2D eigenvalue weighted by molar-refractivity contribution is 7.89.